The SMILES string of the molecule is Cc1nnc(N2CCC(C(=O)NCc3ccc(Cl)cc3)CC2)c2nn(-c3ccccc3)c(C)c12. The van der Waals surface area contributed by atoms with Gasteiger partial charge in [-0.2, -0.15) is 10.2 Å². The minimum Gasteiger partial charge on any atom is -0.353 e. The van der Waals surface area contributed by atoms with Gasteiger partial charge in [0.15, 0.2) is 5.82 Å². The van der Waals surface area contributed by atoms with Gasteiger partial charge in [-0.1, -0.05) is 41.9 Å². The van der Waals surface area contributed by atoms with Crippen LogP contribution in [-0.2, 0) is 11.3 Å². The molecule has 1 aliphatic rings. The summed E-state index contributed by atoms with van der Waals surface area (Å²) in [5.74, 6) is 0.874. The lowest BCUT2D eigenvalue weighted by Gasteiger charge is -2.32. The zero-order valence-electron chi connectivity index (χ0n) is 19.3. The van der Waals surface area contributed by atoms with E-state index in [-0.39, 0.29) is 11.8 Å². The second-order valence-corrected chi connectivity index (χ2v) is 9.21. The van der Waals surface area contributed by atoms with Gasteiger partial charge in [-0.25, -0.2) is 4.68 Å². The standard InChI is InChI=1S/C26H27ClN6O/c1-17-23-18(2)33(22-6-4-3-5-7-22)31-24(23)25(30-29-17)32-14-12-20(13-15-32)26(34)28-16-19-8-10-21(27)11-9-19/h3-11,20H,12-16H2,1-2H3,(H,28,34). The summed E-state index contributed by atoms with van der Waals surface area (Å²) in [5, 5.41) is 18.7. The van der Waals surface area contributed by atoms with Gasteiger partial charge >= 0.3 is 0 Å². The van der Waals surface area contributed by atoms with Crippen molar-refractivity contribution >= 4 is 34.2 Å². The number of fused-ring (bicyclic) bond motifs is 1. The average molecular weight is 475 g/mol. The summed E-state index contributed by atoms with van der Waals surface area (Å²) in [6.45, 7) is 6.03. The first-order valence-corrected chi connectivity index (χ1v) is 11.9. The summed E-state index contributed by atoms with van der Waals surface area (Å²) >= 11 is 5.94. The quantitative estimate of drug-likeness (QED) is 0.456. The molecular formula is C26H27ClN6O. The lowest BCUT2D eigenvalue weighted by atomic mass is 9.95. The highest BCUT2D eigenvalue weighted by molar-refractivity contribution is 6.30. The van der Waals surface area contributed by atoms with Gasteiger partial charge in [0, 0.05) is 30.6 Å². The van der Waals surface area contributed by atoms with Crippen LogP contribution in [0, 0.1) is 19.8 Å². The van der Waals surface area contributed by atoms with E-state index in [1.165, 1.54) is 0 Å². The third-order valence-electron chi connectivity index (χ3n) is 6.53. The normalized spacial score (nSPS) is 14.5. The molecule has 7 nitrogen and oxygen atoms in total. The molecule has 0 unspecified atom stereocenters. The largest absolute Gasteiger partial charge is 0.353 e. The van der Waals surface area contributed by atoms with Crippen LogP contribution in [0.4, 0.5) is 5.82 Å². The molecule has 4 aromatic rings. The number of nitrogens with zero attached hydrogens (tertiary/aromatic N) is 5. The lowest BCUT2D eigenvalue weighted by molar-refractivity contribution is -0.125. The number of carbonyl (C=O) groups is 1. The Morgan fingerprint density at radius 3 is 2.44 bits per heavy atom. The van der Waals surface area contributed by atoms with Gasteiger partial charge in [0.05, 0.1) is 22.5 Å². The van der Waals surface area contributed by atoms with E-state index < -0.39 is 0 Å². The molecule has 0 radical (unpaired) electrons. The molecule has 1 aliphatic heterocycles. The summed E-state index contributed by atoms with van der Waals surface area (Å²) in [5.41, 5.74) is 4.83. The Kier molecular flexibility index (Phi) is 6.20. The first-order chi connectivity index (χ1) is 16.5. The number of amides is 1. The van der Waals surface area contributed by atoms with Crippen LogP contribution in [0.5, 0.6) is 0 Å². The van der Waals surface area contributed by atoms with Crippen molar-refractivity contribution in [2.24, 2.45) is 5.92 Å². The molecule has 34 heavy (non-hydrogen) atoms. The molecule has 2 aromatic carbocycles. The van der Waals surface area contributed by atoms with Crippen molar-refractivity contribution in [3.8, 4) is 5.69 Å². The number of nitrogens with one attached hydrogen (secondary N) is 1. The van der Waals surface area contributed by atoms with E-state index in [1.807, 2.05) is 66.2 Å². The van der Waals surface area contributed by atoms with Crippen LogP contribution in [0.15, 0.2) is 54.6 Å². The zero-order valence-corrected chi connectivity index (χ0v) is 20.1. The first kappa shape index (κ1) is 22.3. The Morgan fingerprint density at radius 2 is 1.74 bits per heavy atom. The number of hydrogen-bond acceptors (Lipinski definition) is 5. The zero-order chi connectivity index (χ0) is 23.7. The number of hydrogen-bond donors (Lipinski definition) is 1. The third-order valence-corrected chi connectivity index (χ3v) is 6.78. The summed E-state index contributed by atoms with van der Waals surface area (Å²) in [7, 11) is 0. The van der Waals surface area contributed by atoms with Crippen LogP contribution in [0.25, 0.3) is 16.6 Å². The van der Waals surface area contributed by atoms with Crippen molar-refractivity contribution < 1.29 is 4.79 Å². The van der Waals surface area contributed by atoms with Crippen LogP contribution in [0.2, 0.25) is 5.02 Å². The second kappa shape index (κ2) is 9.43. The van der Waals surface area contributed by atoms with Gasteiger partial charge in [-0.05, 0) is 56.5 Å². The second-order valence-electron chi connectivity index (χ2n) is 8.77. The van der Waals surface area contributed by atoms with Crippen molar-refractivity contribution in [1.82, 2.24) is 25.3 Å². The molecule has 2 aromatic heterocycles. The molecule has 0 bridgehead atoms. The highest BCUT2D eigenvalue weighted by Crippen LogP contribution is 2.31. The molecule has 1 amide bonds. The van der Waals surface area contributed by atoms with Gasteiger partial charge in [0.25, 0.3) is 0 Å². The molecule has 1 N–H and O–H groups in total. The predicted molar refractivity (Wildman–Crippen MR) is 134 cm³/mol. The number of benzene rings is 2. The summed E-state index contributed by atoms with van der Waals surface area (Å²) in [6, 6.07) is 17.6. The minimum absolute atomic E-state index is 0.0129. The first-order valence-electron chi connectivity index (χ1n) is 11.6. The van der Waals surface area contributed by atoms with Crippen LogP contribution in [-0.4, -0.2) is 39.0 Å². The Morgan fingerprint density at radius 1 is 1.03 bits per heavy atom. The maximum absolute atomic E-state index is 12.7. The van der Waals surface area contributed by atoms with Gasteiger partial charge in [-0.15, -0.1) is 5.10 Å². The van der Waals surface area contributed by atoms with E-state index in [9.17, 15) is 4.79 Å². The van der Waals surface area contributed by atoms with Crippen molar-refractivity contribution in [2.75, 3.05) is 18.0 Å². The van der Waals surface area contributed by atoms with Crippen LogP contribution >= 0.6 is 11.6 Å². The number of para-hydroxylation sites is 1. The van der Waals surface area contributed by atoms with E-state index in [2.05, 4.69) is 27.3 Å². The molecule has 1 saturated heterocycles. The highest BCUT2D eigenvalue weighted by atomic mass is 35.5. The monoisotopic (exact) mass is 474 g/mol. The number of carbonyl (C=O) groups excluding carboxylic acids is 1. The smallest absolute Gasteiger partial charge is 0.223 e. The van der Waals surface area contributed by atoms with Crippen LogP contribution in [0.1, 0.15) is 29.8 Å². The fourth-order valence-electron chi connectivity index (χ4n) is 4.63. The van der Waals surface area contributed by atoms with Gasteiger partial charge < -0.3 is 10.2 Å². The fraction of sp³-hybridized carbons (Fsp3) is 0.308. The number of aryl methyl sites for hydroxylation is 2. The van der Waals surface area contributed by atoms with E-state index in [4.69, 9.17) is 16.7 Å². The van der Waals surface area contributed by atoms with E-state index in [0.29, 0.717) is 11.6 Å². The maximum Gasteiger partial charge on any atom is 0.223 e. The molecule has 5 rings (SSSR count). The number of aromatic nitrogens is 4. The molecule has 0 aliphatic carbocycles. The van der Waals surface area contributed by atoms with Crippen LogP contribution in [0.3, 0.4) is 0 Å². The number of piperidine rings is 1. The third kappa shape index (κ3) is 4.35. The van der Waals surface area contributed by atoms with E-state index in [0.717, 1.165) is 65.3 Å². The Balaban J connectivity index is 1.30. The fourth-order valence-corrected chi connectivity index (χ4v) is 4.76. The number of halogens is 1. The summed E-state index contributed by atoms with van der Waals surface area (Å²) in [4.78, 5) is 15.0. The molecule has 3 heterocycles. The maximum atomic E-state index is 12.7. The molecule has 174 valence electrons. The summed E-state index contributed by atoms with van der Waals surface area (Å²) in [6.07, 6.45) is 1.53. The highest BCUT2D eigenvalue weighted by Gasteiger charge is 2.28. The minimum atomic E-state index is -0.0129. The molecule has 0 spiro atoms. The molecular weight excluding hydrogens is 448 g/mol. The molecule has 0 atom stereocenters. The lowest BCUT2D eigenvalue weighted by Crippen LogP contribution is -2.40. The van der Waals surface area contributed by atoms with Crippen molar-refractivity contribution in [3.05, 3.63) is 76.6 Å². The Hall–Kier alpha value is -3.45. The number of anilines is 1. The Bertz CT molecular complexity index is 1310. The van der Waals surface area contributed by atoms with Crippen molar-refractivity contribution in [1.29, 1.82) is 0 Å². The van der Waals surface area contributed by atoms with Crippen molar-refractivity contribution in [3.63, 3.8) is 0 Å². The molecule has 8 heteroatoms. The van der Waals surface area contributed by atoms with Gasteiger partial charge in [-0.3, -0.25) is 4.79 Å². The average Bonchev–Trinajstić information content (AvgIpc) is 3.22. The van der Waals surface area contributed by atoms with Crippen LogP contribution < -0.4 is 10.2 Å². The van der Waals surface area contributed by atoms with E-state index >= 15 is 0 Å². The number of rotatable bonds is 5. The topological polar surface area (TPSA) is 75.9 Å². The van der Waals surface area contributed by atoms with E-state index in [1.54, 1.807) is 0 Å². The van der Waals surface area contributed by atoms with Crippen molar-refractivity contribution in [2.45, 2.75) is 33.2 Å². The Labute approximate surface area is 203 Å². The molecule has 1 fully saturated rings. The summed E-state index contributed by atoms with van der Waals surface area (Å²) < 4.78 is 1.96. The molecule has 0 saturated carbocycles. The van der Waals surface area contributed by atoms with Gasteiger partial charge in [0.1, 0.15) is 5.52 Å². The predicted octanol–water partition coefficient (Wildman–Crippen LogP) is 4.62. The van der Waals surface area contributed by atoms with Gasteiger partial charge in [0.2, 0.25) is 5.91 Å².